The Labute approximate surface area is 159 Å². The van der Waals surface area contributed by atoms with Crippen molar-refractivity contribution in [1.82, 2.24) is 9.97 Å². The molecule has 0 aliphatic heterocycles. The highest BCUT2D eigenvalue weighted by atomic mass is 32.1. The standard InChI is InChI=1S/C20H14N4S2/c1-3-17(25-9-1)13-21-15-5-7-19(23-11-15)20-8-6-16(12-24-20)22-14-18-4-2-10-26-18/h1-14H. The van der Waals surface area contributed by atoms with Crippen molar-refractivity contribution >= 4 is 46.5 Å². The van der Waals surface area contributed by atoms with Gasteiger partial charge >= 0.3 is 0 Å². The third kappa shape index (κ3) is 4.17. The van der Waals surface area contributed by atoms with Crippen molar-refractivity contribution in [1.29, 1.82) is 0 Å². The van der Waals surface area contributed by atoms with Crippen molar-refractivity contribution in [2.75, 3.05) is 0 Å². The molecule has 0 spiro atoms. The van der Waals surface area contributed by atoms with Crippen molar-refractivity contribution in [3.05, 3.63) is 81.4 Å². The lowest BCUT2D eigenvalue weighted by molar-refractivity contribution is 1.23. The summed E-state index contributed by atoms with van der Waals surface area (Å²) in [5.41, 5.74) is 3.27. The fraction of sp³-hybridized carbons (Fsp3) is 0. The van der Waals surface area contributed by atoms with Gasteiger partial charge in [0.15, 0.2) is 0 Å². The molecule has 4 nitrogen and oxygen atoms in total. The summed E-state index contributed by atoms with van der Waals surface area (Å²) >= 11 is 3.31. The van der Waals surface area contributed by atoms with Crippen molar-refractivity contribution in [3.63, 3.8) is 0 Å². The fourth-order valence-electron chi connectivity index (χ4n) is 2.23. The number of aromatic nitrogens is 2. The second-order valence-electron chi connectivity index (χ2n) is 5.35. The Morgan fingerprint density at radius 3 is 1.50 bits per heavy atom. The van der Waals surface area contributed by atoms with Crippen LogP contribution in [-0.2, 0) is 0 Å². The molecule has 0 aliphatic rings. The second-order valence-corrected chi connectivity index (χ2v) is 7.31. The molecule has 0 saturated heterocycles. The van der Waals surface area contributed by atoms with E-state index in [-0.39, 0.29) is 0 Å². The first-order chi connectivity index (χ1) is 12.9. The molecular formula is C20H14N4S2. The Kier molecular flexibility index (Phi) is 5.04. The smallest absolute Gasteiger partial charge is 0.0887 e. The first-order valence-electron chi connectivity index (χ1n) is 7.94. The molecule has 0 N–H and O–H groups in total. The van der Waals surface area contributed by atoms with Gasteiger partial charge in [0.25, 0.3) is 0 Å². The maximum absolute atomic E-state index is 4.46. The topological polar surface area (TPSA) is 50.5 Å². The van der Waals surface area contributed by atoms with Gasteiger partial charge in [-0.3, -0.25) is 20.0 Å². The molecule has 0 amide bonds. The SMILES string of the molecule is C(=Nc1ccc(-c2ccc(N=Cc3cccs3)cn2)nc1)c1cccs1. The van der Waals surface area contributed by atoms with E-state index < -0.39 is 0 Å². The summed E-state index contributed by atoms with van der Waals surface area (Å²) < 4.78 is 0. The van der Waals surface area contributed by atoms with E-state index in [1.54, 1.807) is 35.1 Å². The van der Waals surface area contributed by atoms with E-state index in [0.717, 1.165) is 32.5 Å². The van der Waals surface area contributed by atoms with Crippen LogP contribution in [0.3, 0.4) is 0 Å². The summed E-state index contributed by atoms with van der Waals surface area (Å²) in [7, 11) is 0. The summed E-state index contributed by atoms with van der Waals surface area (Å²) in [5, 5.41) is 4.06. The van der Waals surface area contributed by atoms with Gasteiger partial charge in [0.1, 0.15) is 0 Å². The molecule has 0 bridgehead atoms. The number of pyridine rings is 2. The maximum atomic E-state index is 4.46. The predicted octanol–water partition coefficient (Wildman–Crippen LogP) is 5.77. The Bertz CT molecular complexity index is 915. The van der Waals surface area contributed by atoms with E-state index >= 15 is 0 Å². The molecular weight excluding hydrogens is 360 g/mol. The van der Waals surface area contributed by atoms with E-state index in [2.05, 4.69) is 20.0 Å². The maximum Gasteiger partial charge on any atom is 0.0887 e. The molecule has 4 aromatic rings. The van der Waals surface area contributed by atoms with Gasteiger partial charge in [0, 0.05) is 22.2 Å². The largest absolute Gasteiger partial charge is 0.254 e. The van der Waals surface area contributed by atoms with Gasteiger partial charge in [-0.15, -0.1) is 22.7 Å². The van der Waals surface area contributed by atoms with Crippen molar-refractivity contribution in [3.8, 4) is 11.4 Å². The van der Waals surface area contributed by atoms with Crippen LogP contribution < -0.4 is 0 Å². The van der Waals surface area contributed by atoms with Gasteiger partial charge < -0.3 is 0 Å². The molecule has 0 fully saturated rings. The Hall–Kier alpha value is -2.96. The number of rotatable bonds is 5. The minimum absolute atomic E-state index is 0.814. The molecule has 4 rings (SSSR count). The summed E-state index contributed by atoms with van der Waals surface area (Å²) in [5.74, 6) is 0. The van der Waals surface area contributed by atoms with Crippen LogP contribution in [0.25, 0.3) is 11.4 Å². The van der Waals surface area contributed by atoms with Gasteiger partial charge in [-0.2, -0.15) is 0 Å². The highest BCUT2D eigenvalue weighted by Gasteiger charge is 2.01. The molecule has 0 radical (unpaired) electrons. The average Bonchev–Trinajstić information content (AvgIpc) is 3.40. The van der Waals surface area contributed by atoms with Crippen molar-refractivity contribution in [2.24, 2.45) is 9.98 Å². The Morgan fingerprint density at radius 2 is 1.15 bits per heavy atom. The van der Waals surface area contributed by atoms with Crippen molar-refractivity contribution in [2.45, 2.75) is 0 Å². The highest BCUT2D eigenvalue weighted by molar-refractivity contribution is 7.12. The van der Waals surface area contributed by atoms with E-state index in [4.69, 9.17) is 0 Å². The van der Waals surface area contributed by atoms with E-state index in [0.29, 0.717) is 0 Å². The number of hydrogen-bond donors (Lipinski definition) is 0. The molecule has 26 heavy (non-hydrogen) atoms. The quantitative estimate of drug-likeness (QED) is 0.417. The lowest BCUT2D eigenvalue weighted by Gasteiger charge is -2.01. The van der Waals surface area contributed by atoms with E-state index in [1.165, 1.54) is 0 Å². The second kappa shape index (κ2) is 7.95. The number of nitrogens with zero attached hydrogens (tertiary/aromatic N) is 4. The van der Waals surface area contributed by atoms with Gasteiger partial charge in [-0.1, -0.05) is 12.1 Å². The van der Waals surface area contributed by atoms with Gasteiger partial charge in [0.05, 0.1) is 35.2 Å². The summed E-state index contributed by atoms with van der Waals surface area (Å²) in [6, 6.07) is 15.8. The lowest BCUT2D eigenvalue weighted by atomic mass is 10.2. The van der Waals surface area contributed by atoms with Crippen LogP contribution in [0.2, 0.25) is 0 Å². The predicted molar refractivity (Wildman–Crippen MR) is 111 cm³/mol. The molecule has 4 aromatic heterocycles. The zero-order valence-corrected chi connectivity index (χ0v) is 15.3. The molecule has 0 unspecified atom stereocenters. The molecule has 0 aromatic carbocycles. The molecule has 0 aliphatic carbocycles. The average molecular weight is 374 g/mol. The third-order valence-electron chi connectivity index (χ3n) is 3.53. The monoisotopic (exact) mass is 374 g/mol. The van der Waals surface area contributed by atoms with Crippen LogP contribution in [0.4, 0.5) is 11.4 Å². The Morgan fingerprint density at radius 1 is 0.654 bits per heavy atom. The van der Waals surface area contributed by atoms with Crippen LogP contribution in [0.15, 0.2) is 81.7 Å². The van der Waals surface area contributed by atoms with Gasteiger partial charge in [-0.05, 0) is 47.2 Å². The number of hydrogen-bond acceptors (Lipinski definition) is 6. The third-order valence-corrected chi connectivity index (χ3v) is 5.14. The van der Waals surface area contributed by atoms with E-state index in [9.17, 15) is 0 Å². The molecule has 0 atom stereocenters. The van der Waals surface area contributed by atoms with Gasteiger partial charge in [-0.25, -0.2) is 0 Å². The molecule has 6 heteroatoms. The molecule has 0 saturated carbocycles. The number of aliphatic imine (C=N–C) groups is 2. The molecule has 4 heterocycles. The fourth-order valence-corrected chi connectivity index (χ4v) is 3.40. The number of thiophene rings is 2. The van der Waals surface area contributed by atoms with Crippen LogP contribution in [-0.4, -0.2) is 22.4 Å². The Balaban J connectivity index is 1.45. The minimum Gasteiger partial charge on any atom is -0.254 e. The van der Waals surface area contributed by atoms with Crippen LogP contribution in [0.1, 0.15) is 9.75 Å². The first-order valence-corrected chi connectivity index (χ1v) is 9.70. The van der Waals surface area contributed by atoms with Crippen LogP contribution >= 0.6 is 22.7 Å². The highest BCUT2D eigenvalue weighted by Crippen LogP contribution is 2.21. The zero-order chi connectivity index (χ0) is 17.6. The van der Waals surface area contributed by atoms with Crippen LogP contribution in [0.5, 0.6) is 0 Å². The summed E-state index contributed by atoms with van der Waals surface area (Å²) in [4.78, 5) is 20.0. The normalized spacial score (nSPS) is 11.5. The first kappa shape index (κ1) is 16.5. The van der Waals surface area contributed by atoms with E-state index in [1.807, 2.05) is 71.7 Å². The molecule has 126 valence electrons. The zero-order valence-electron chi connectivity index (χ0n) is 13.7. The summed E-state index contributed by atoms with van der Waals surface area (Å²) in [6.45, 7) is 0. The lowest BCUT2D eigenvalue weighted by Crippen LogP contribution is -1.86. The minimum atomic E-state index is 0.814. The van der Waals surface area contributed by atoms with Crippen molar-refractivity contribution < 1.29 is 0 Å². The summed E-state index contributed by atoms with van der Waals surface area (Å²) in [6.07, 6.45) is 7.20. The van der Waals surface area contributed by atoms with Crippen LogP contribution in [0, 0.1) is 0 Å². The van der Waals surface area contributed by atoms with Gasteiger partial charge in [0.2, 0.25) is 0 Å².